The molecular weight excluding hydrogens is 304 g/mol. The summed E-state index contributed by atoms with van der Waals surface area (Å²) in [6, 6.07) is 6.61. The van der Waals surface area contributed by atoms with Crippen molar-refractivity contribution < 1.29 is 9.26 Å². The van der Waals surface area contributed by atoms with Crippen LogP contribution in [0.25, 0.3) is 0 Å². The number of pyridine rings is 1. The Morgan fingerprint density at radius 3 is 2.88 bits per heavy atom. The maximum atomic E-state index is 5.52. The van der Waals surface area contributed by atoms with Crippen molar-refractivity contribution in [3.05, 3.63) is 41.3 Å². The maximum absolute atomic E-state index is 5.52. The Kier molecular flexibility index (Phi) is 4.58. The monoisotopic (exact) mass is 328 g/mol. The van der Waals surface area contributed by atoms with Gasteiger partial charge < -0.3 is 9.26 Å². The SMILES string of the molecule is Cc1cccc([C@H]2CCCN2Cc2noc(C3CCOCC3)n2)n1. The largest absolute Gasteiger partial charge is 0.381 e. The summed E-state index contributed by atoms with van der Waals surface area (Å²) in [5, 5.41) is 4.21. The van der Waals surface area contributed by atoms with Crippen molar-refractivity contribution >= 4 is 0 Å². The summed E-state index contributed by atoms with van der Waals surface area (Å²) < 4.78 is 10.9. The van der Waals surface area contributed by atoms with E-state index in [-0.39, 0.29) is 0 Å². The lowest BCUT2D eigenvalue weighted by Gasteiger charge is -2.22. The third-order valence-corrected chi connectivity index (χ3v) is 5.01. The molecule has 0 N–H and O–H groups in total. The van der Waals surface area contributed by atoms with E-state index < -0.39 is 0 Å². The van der Waals surface area contributed by atoms with Gasteiger partial charge in [0.05, 0.1) is 18.3 Å². The topological polar surface area (TPSA) is 64.3 Å². The van der Waals surface area contributed by atoms with Crippen LogP contribution >= 0.6 is 0 Å². The average Bonchev–Trinajstić information content (AvgIpc) is 3.26. The number of ether oxygens (including phenoxy) is 1. The minimum atomic E-state index is 0.354. The van der Waals surface area contributed by atoms with Crippen LogP contribution in [-0.4, -0.2) is 39.8 Å². The Labute approximate surface area is 142 Å². The van der Waals surface area contributed by atoms with Gasteiger partial charge in [-0.3, -0.25) is 9.88 Å². The highest BCUT2D eigenvalue weighted by atomic mass is 16.5. The van der Waals surface area contributed by atoms with E-state index >= 15 is 0 Å². The van der Waals surface area contributed by atoms with Crippen molar-refractivity contribution in [3.8, 4) is 0 Å². The van der Waals surface area contributed by atoms with Crippen LogP contribution in [0, 0.1) is 6.92 Å². The zero-order valence-corrected chi connectivity index (χ0v) is 14.1. The van der Waals surface area contributed by atoms with Gasteiger partial charge in [0.1, 0.15) is 0 Å². The highest BCUT2D eigenvalue weighted by molar-refractivity contribution is 5.15. The van der Waals surface area contributed by atoms with Crippen LogP contribution in [0.3, 0.4) is 0 Å². The van der Waals surface area contributed by atoms with E-state index in [9.17, 15) is 0 Å². The van der Waals surface area contributed by atoms with Gasteiger partial charge in [-0.1, -0.05) is 11.2 Å². The van der Waals surface area contributed by atoms with Crippen LogP contribution in [0.4, 0.5) is 0 Å². The molecule has 2 aromatic rings. The zero-order chi connectivity index (χ0) is 16.4. The van der Waals surface area contributed by atoms with Crippen molar-refractivity contribution in [2.24, 2.45) is 0 Å². The number of hydrogen-bond donors (Lipinski definition) is 0. The lowest BCUT2D eigenvalue weighted by molar-refractivity contribution is 0.0778. The van der Waals surface area contributed by atoms with Gasteiger partial charge >= 0.3 is 0 Å². The van der Waals surface area contributed by atoms with E-state index in [1.807, 2.05) is 13.0 Å². The molecule has 6 heteroatoms. The van der Waals surface area contributed by atoms with Gasteiger partial charge in [-0.2, -0.15) is 4.98 Å². The molecule has 0 amide bonds. The molecule has 0 bridgehead atoms. The fourth-order valence-corrected chi connectivity index (χ4v) is 3.72. The molecule has 2 saturated heterocycles. The van der Waals surface area contributed by atoms with Crippen LogP contribution in [-0.2, 0) is 11.3 Å². The second-order valence-electron chi connectivity index (χ2n) is 6.77. The Morgan fingerprint density at radius 2 is 2.04 bits per heavy atom. The smallest absolute Gasteiger partial charge is 0.229 e. The zero-order valence-electron chi connectivity index (χ0n) is 14.1. The number of aromatic nitrogens is 3. The van der Waals surface area contributed by atoms with Crippen molar-refractivity contribution in [2.45, 2.75) is 51.1 Å². The highest BCUT2D eigenvalue weighted by Crippen LogP contribution is 2.32. The molecule has 2 aromatic heterocycles. The first-order valence-corrected chi connectivity index (χ1v) is 8.87. The van der Waals surface area contributed by atoms with Crippen molar-refractivity contribution in [1.29, 1.82) is 0 Å². The molecule has 0 saturated carbocycles. The van der Waals surface area contributed by atoms with Crippen LogP contribution in [0.1, 0.15) is 60.7 Å². The summed E-state index contributed by atoms with van der Waals surface area (Å²) >= 11 is 0. The molecule has 0 aliphatic carbocycles. The molecule has 0 unspecified atom stereocenters. The number of rotatable bonds is 4. The molecule has 24 heavy (non-hydrogen) atoms. The lowest BCUT2D eigenvalue weighted by atomic mass is 10.0. The number of likely N-dealkylation sites (tertiary alicyclic amines) is 1. The molecule has 0 aromatic carbocycles. The summed E-state index contributed by atoms with van der Waals surface area (Å²) in [6.45, 7) is 5.40. The summed E-state index contributed by atoms with van der Waals surface area (Å²) in [5.74, 6) is 1.92. The van der Waals surface area contributed by atoms with Gasteiger partial charge in [-0.25, -0.2) is 0 Å². The van der Waals surface area contributed by atoms with Crippen LogP contribution in [0.5, 0.6) is 0 Å². The molecule has 4 rings (SSSR count). The van der Waals surface area contributed by atoms with E-state index in [0.29, 0.717) is 12.0 Å². The van der Waals surface area contributed by atoms with Crippen molar-refractivity contribution in [2.75, 3.05) is 19.8 Å². The number of nitrogens with zero attached hydrogens (tertiary/aromatic N) is 4. The quantitative estimate of drug-likeness (QED) is 0.859. The van der Waals surface area contributed by atoms with Crippen LogP contribution in [0.15, 0.2) is 22.7 Å². The van der Waals surface area contributed by atoms with Crippen molar-refractivity contribution in [1.82, 2.24) is 20.0 Å². The maximum Gasteiger partial charge on any atom is 0.229 e. The van der Waals surface area contributed by atoms with Crippen LogP contribution < -0.4 is 0 Å². The molecule has 1 atom stereocenters. The average molecular weight is 328 g/mol. The summed E-state index contributed by atoms with van der Waals surface area (Å²) in [6.07, 6.45) is 4.27. The fraction of sp³-hybridized carbons (Fsp3) is 0.611. The van der Waals surface area contributed by atoms with Crippen LogP contribution in [0.2, 0.25) is 0 Å². The van der Waals surface area contributed by atoms with Gasteiger partial charge in [0.15, 0.2) is 5.82 Å². The first kappa shape index (κ1) is 15.7. The standard InChI is InChI=1S/C18H24N4O2/c1-13-4-2-5-15(19-13)16-6-3-9-22(16)12-17-20-18(24-21-17)14-7-10-23-11-8-14/h2,4-5,14,16H,3,6-12H2,1H3/t16-/m1/s1. The summed E-state index contributed by atoms with van der Waals surface area (Å²) in [5.41, 5.74) is 2.22. The molecule has 0 spiro atoms. The van der Waals surface area contributed by atoms with Gasteiger partial charge in [0.25, 0.3) is 0 Å². The molecule has 2 fully saturated rings. The van der Waals surface area contributed by atoms with E-state index in [4.69, 9.17) is 14.2 Å². The summed E-state index contributed by atoms with van der Waals surface area (Å²) in [4.78, 5) is 11.8. The van der Waals surface area contributed by atoms with E-state index in [1.165, 1.54) is 6.42 Å². The van der Waals surface area contributed by atoms with E-state index in [0.717, 1.165) is 68.7 Å². The Bertz CT molecular complexity index is 681. The number of aryl methyl sites for hydroxylation is 1. The third-order valence-electron chi connectivity index (χ3n) is 5.01. The Morgan fingerprint density at radius 1 is 1.17 bits per heavy atom. The first-order chi connectivity index (χ1) is 11.8. The Balaban J connectivity index is 1.45. The van der Waals surface area contributed by atoms with Gasteiger partial charge in [0, 0.05) is 24.8 Å². The van der Waals surface area contributed by atoms with Gasteiger partial charge in [-0.05, 0) is 51.3 Å². The van der Waals surface area contributed by atoms with E-state index in [1.54, 1.807) is 0 Å². The molecule has 0 radical (unpaired) electrons. The predicted octanol–water partition coefficient (Wildman–Crippen LogP) is 3.00. The minimum Gasteiger partial charge on any atom is -0.381 e. The molecule has 2 aliphatic heterocycles. The minimum absolute atomic E-state index is 0.354. The molecule has 2 aliphatic rings. The van der Waals surface area contributed by atoms with Gasteiger partial charge in [-0.15, -0.1) is 0 Å². The lowest BCUT2D eigenvalue weighted by Crippen LogP contribution is -2.24. The predicted molar refractivity (Wildman–Crippen MR) is 88.5 cm³/mol. The van der Waals surface area contributed by atoms with Crippen molar-refractivity contribution in [3.63, 3.8) is 0 Å². The first-order valence-electron chi connectivity index (χ1n) is 8.87. The Hall–Kier alpha value is -1.79. The second-order valence-corrected chi connectivity index (χ2v) is 6.77. The molecule has 128 valence electrons. The van der Waals surface area contributed by atoms with Gasteiger partial charge in [0.2, 0.25) is 5.89 Å². The highest BCUT2D eigenvalue weighted by Gasteiger charge is 2.29. The molecule has 4 heterocycles. The molecule has 6 nitrogen and oxygen atoms in total. The van der Waals surface area contributed by atoms with E-state index in [2.05, 4.69) is 27.2 Å². The number of hydrogen-bond acceptors (Lipinski definition) is 6. The normalized spacial score (nSPS) is 23.0. The summed E-state index contributed by atoms with van der Waals surface area (Å²) in [7, 11) is 0. The second kappa shape index (κ2) is 6.99. The molecular formula is C18H24N4O2. The third kappa shape index (κ3) is 3.35. The fourth-order valence-electron chi connectivity index (χ4n) is 3.72.